The number of benzene rings is 1. The summed E-state index contributed by atoms with van der Waals surface area (Å²) in [6.45, 7) is 1.30. The summed E-state index contributed by atoms with van der Waals surface area (Å²) in [6, 6.07) is 9.01. The van der Waals surface area contributed by atoms with Gasteiger partial charge in [0.1, 0.15) is 0 Å². The first-order valence-corrected chi connectivity index (χ1v) is 5.71. The Kier molecular flexibility index (Phi) is 3.70. The third-order valence-corrected chi connectivity index (χ3v) is 3.03. The van der Waals surface area contributed by atoms with E-state index in [9.17, 15) is 4.79 Å². The topological polar surface area (TPSA) is 52.3 Å². The highest BCUT2D eigenvalue weighted by Gasteiger charge is 2.27. The molecule has 1 unspecified atom stereocenters. The molecule has 3 nitrogen and oxygen atoms in total. The number of carbonyl (C=O) groups excluding carboxylic acids is 1. The molecule has 1 saturated heterocycles. The SMILES string of the molecule is N[C@@H](C(=O)C1CCCOC1)c1ccccc1. The van der Waals surface area contributed by atoms with E-state index in [4.69, 9.17) is 10.5 Å². The highest BCUT2D eigenvalue weighted by molar-refractivity contribution is 5.87. The zero-order chi connectivity index (χ0) is 11.4. The molecule has 2 atom stereocenters. The molecule has 0 radical (unpaired) electrons. The number of carbonyl (C=O) groups is 1. The molecule has 86 valence electrons. The third-order valence-electron chi connectivity index (χ3n) is 3.03. The molecule has 1 aromatic carbocycles. The van der Waals surface area contributed by atoms with Gasteiger partial charge in [-0.15, -0.1) is 0 Å². The summed E-state index contributed by atoms with van der Waals surface area (Å²) in [7, 11) is 0. The van der Waals surface area contributed by atoms with Crippen LogP contribution in [0.1, 0.15) is 24.4 Å². The van der Waals surface area contributed by atoms with Gasteiger partial charge in [-0.3, -0.25) is 4.79 Å². The van der Waals surface area contributed by atoms with Gasteiger partial charge in [0.25, 0.3) is 0 Å². The Hall–Kier alpha value is -1.19. The fourth-order valence-corrected chi connectivity index (χ4v) is 2.04. The van der Waals surface area contributed by atoms with Crippen LogP contribution in [0, 0.1) is 5.92 Å². The van der Waals surface area contributed by atoms with Crippen molar-refractivity contribution in [1.29, 1.82) is 0 Å². The van der Waals surface area contributed by atoms with Gasteiger partial charge in [-0.1, -0.05) is 30.3 Å². The number of hydrogen-bond acceptors (Lipinski definition) is 3. The van der Waals surface area contributed by atoms with Crippen LogP contribution in [0.25, 0.3) is 0 Å². The minimum absolute atomic E-state index is 0.0241. The number of rotatable bonds is 3. The molecule has 0 aliphatic carbocycles. The quantitative estimate of drug-likeness (QED) is 0.841. The van der Waals surface area contributed by atoms with Crippen LogP contribution in [0.2, 0.25) is 0 Å². The first-order valence-electron chi connectivity index (χ1n) is 5.71. The molecule has 2 N–H and O–H groups in total. The van der Waals surface area contributed by atoms with Crippen molar-refractivity contribution in [2.24, 2.45) is 11.7 Å². The smallest absolute Gasteiger partial charge is 0.159 e. The van der Waals surface area contributed by atoms with Crippen molar-refractivity contribution >= 4 is 5.78 Å². The summed E-state index contributed by atoms with van der Waals surface area (Å²) < 4.78 is 5.31. The second kappa shape index (κ2) is 5.23. The molecular formula is C13H17NO2. The molecule has 0 spiro atoms. The molecule has 0 saturated carbocycles. The van der Waals surface area contributed by atoms with Crippen LogP contribution in [0.5, 0.6) is 0 Å². The average molecular weight is 219 g/mol. The molecule has 0 amide bonds. The number of ether oxygens (including phenoxy) is 1. The van der Waals surface area contributed by atoms with E-state index in [1.165, 1.54) is 0 Å². The summed E-state index contributed by atoms with van der Waals surface area (Å²) in [5, 5.41) is 0. The standard InChI is InChI=1S/C13H17NO2/c14-12(10-5-2-1-3-6-10)13(15)11-7-4-8-16-9-11/h1-3,5-6,11-12H,4,7-9,14H2/t11?,12-/m1/s1. The third kappa shape index (κ3) is 2.49. The maximum absolute atomic E-state index is 12.1. The molecule has 1 heterocycles. The van der Waals surface area contributed by atoms with E-state index in [0.717, 1.165) is 25.0 Å². The van der Waals surface area contributed by atoms with E-state index in [2.05, 4.69) is 0 Å². The molecule has 1 fully saturated rings. The Bertz CT molecular complexity index is 344. The lowest BCUT2D eigenvalue weighted by atomic mass is 9.90. The maximum atomic E-state index is 12.1. The van der Waals surface area contributed by atoms with Gasteiger partial charge in [-0.25, -0.2) is 0 Å². The number of ketones is 1. The number of nitrogens with two attached hydrogens (primary N) is 1. The van der Waals surface area contributed by atoms with E-state index < -0.39 is 6.04 Å². The van der Waals surface area contributed by atoms with Crippen molar-refractivity contribution in [3.63, 3.8) is 0 Å². The molecule has 16 heavy (non-hydrogen) atoms. The number of Topliss-reactive ketones (excluding diaryl/α,β-unsaturated/α-hetero) is 1. The predicted octanol–water partition coefficient (Wildman–Crippen LogP) is 1.68. The molecule has 0 bridgehead atoms. The van der Waals surface area contributed by atoms with Gasteiger partial charge >= 0.3 is 0 Å². The van der Waals surface area contributed by atoms with Crippen LogP contribution in [0.15, 0.2) is 30.3 Å². The lowest BCUT2D eigenvalue weighted by Gasteiger charge is -2.23. The van der Waals surface area contributed by atoms with Gasteiger partial charge in [-0.2, -0.15) is 0 Å². The van der Waals surface area contributed by atoms with Crippen molar-refractivity contribution in [3.8, 4) is 0 Å². The highest BCUT2D eigenvalue weighted by atomic mass is 16.5. The van der Waals surface area contributed by atoms with Gasteiger partial charge in [0.15, 0.2) is 5.78 Å². The van der Waals surface area contributed by atoms with E-state index in [0.29, 0.717) is 6.61 Å². The largest absolute Gasteiger partial charge is 0.381 e. The first kappa shape index (κ1) is 11.3. The normalized spacial score (nSPS) is 22.7. The van der Waals surface area contributed by atoms with Gasteiger partial charge in [0.05, 0.1) is 12.6 Å². The second-order valence-electron chi connectivity index (χ2n) is 4.20. The Balaban J connectivity index is 2.04. The molecule has 1 aliphatic rings. The van der Waals surface area contributed by atoms with Crippen LogP contribution in [0.4, 0.5) is 0 Å². The van der Waals surface area contributed by atoms with Crippen LogP contribution >= 0.6 is 0 Å². The Morgan fingerprint density at radius 1 is 1.38 bits per heavy atom. The van der Waals surface area contributed by atoms with Crippen LogP contribution < -0.4 is 5.73 Å². The summed E-state index contributed by atoms with van der Waals surface area (Å²) in [5.41, 5.74) is 6.85. The number of hydrogen-bond donors (Lipinski definition) is 1. The lowest BCUT2D eigenvalue weighted by Crippen LogP contribution is -2.33. The van der Waals surface area contributed by atoms with Crippen LogP contribution in [-0.4, -0.2) is 19.0 Å². The van der Waals surface area contributed by atoms with Gasteiger partial charge < -0.3 is 10.5 Å². The highest BCUT2D eigenvalue weighted by Crippen LogP contribution is 2.21. The van der Waals surface area contributed by atoms with Crippen LogP contribution in [-0.2, 0) is 9.53 Å². The van der Waals surface area contributed by atoms with Crippen molar-refractivity contribution in [3.05, 3.63) is 35.9 Å². The van der Waals surface area contributed by atoms with Crippen molar-refractivity contribution < 1.29 is 9.53 Å². The Morgan fingerprint density at radius 2 is 2.12 bits per heavy atom. The van der Waals surface area contributed by atoms with E-state index in [1.807, 2.05) is 30.3 Å². The summed E-state index contributed by atoms with van der Waals surface area (Å²) in [4.78, 5) is 12.1. The van der Waals surface area contributed by atoms with Gasteiger partial charge in [0, 0.05) is 12.5 Å². The van der Waals surface area contributed by atoms with Crippen molar-refractivity contribution in [1.82, 2.24) is 0 Å². The van der Waals surface area contributed by atoms with Crippen LogP contribution in [0.3, 0.4) is 0 Å². The predicted molar refractivity (Wildman–Crippen MR) is 61.9 cm³/mol. The molecule has 2 rings (SSSR count). The second-order valence-corrected chi connectivity index (χ2v) is 4.20. The van der Waals surface area contributed by atoms with E-state index in [1.54, 1.807) is 0 Å². The first-order chi connectivity index (χ1) is 7.79. The molecule has 1 aromatic rings. The van der Waals surface area contributed by atoms with Gasteiger partial charge in [-0.05, 0) is 18.4 Å². The Morgan fingerprint density at radius 3 is 2.75 bits per heavy atom. The van der Waals surface area contributed by atoms with Gasteiger partial charge in [0.2, 0.25) is 0 Å². The monoisotopic (exact) mass is 219 g/mol. The minimum Gasteiger partial charge on any atom is -0.381 e. The zero-order valence-electron chi connectivity index (χ0n) is 9.26. The van der Waals surface area contributed by atoms with E-state index >= 15 is 0 Å². The molecule has 0 aromatic heterocycles. The fraction of sp³-hybridized carbons (Fsp3) is 0.462. The average Bonchev–Trinajstić information content (AvgIpc) is 2.39. The van der Waals surface area contributed by atoms with E-state index in [-0.39, 0.29) is 11.7 Å². The molecule has 1 aliphatic heterocycles. The Labute approximate surface area is 95.6 Å². The maximum Gasteiger partial charge on any atom is 0.159 e. The summed E-state index contributed by atoms with van der Waals surface area (Å²) >= 11 is 0. The minimum atomic E-state index is -0.507. The summed E-state index contributed by atoms with van der Waals surface area (Å²) in [5.74, 6) is 0.0786. The van der Waals surface area contributed by atoms with Crippen molar-refractivity contribution in [2.75, 3.05) is 13.2 Å². The zero-order valence-corrected chi connectivity index (χ0v) is 9.26. The van der Waals surface area contributed by atoms with Crippen molar-refractivity contribution in [2.45, 2.75) is 18.9 Å². The lowest BCUT2D eigenvalue weighted by molar-refractivity contribution is -0.128. The molecular weight excluding hydrogens is 202 g/mol. The molecule has 3 heteroatoms. The fourth-order valence-electron chi connectivity index (χ4n) is 2.04. The summed E-state index contributed by atoms with van der Waals surface area (Å²) in [6.07, 6.45) is 1.86.